The summed E-state index contributed by atoms with van der Waals surface area (Å²) >= 11 is -2.54. The van der Waals surface area contributed by atoms with Crippen molar-refractivity contribution in [3.05, 3.63) is 12.1 Å². The highest BCUT2D eigenvalue weighted by Gasteiger charge is 1.95. The molecule has 0 rings (SSSR count). The molecule has 0 aromatic rings. The van der Waals surface area contributed by atoms with Gasteiger partial charge in [-0.2, -0.15) is 8.60 Å². The Morgan fingerprint density at radius 1 is 2.00 bits per heavy atom. The quantitative estimate of drug-likeness (QED) is 0.459. The fourth-order valence-corrected chi connectivity index (χ4v) is 0.349. The van der Waals surface area contributed by atoms with Crippen LogP contribution in [0.3, 0.4) is 0 Å². The summed E-state index contributed by atoms with van der Waals surface area (Å²) in [6.45, 7) is 1.35. The van der Waals surface area contributed by atoms with Crippen LogP contribution in [-0.2, 0) is 15.5 Å². The lowest BCUT2D eigenvalue weighted by molar-refractivity contribution is 0.295. The van der Waals surface area contributed by atoms with Gasteiger partial charge in [0.25, 0.3) is 6.01 Å². The fourth-order valence-electron chi connectivity index (χ4n) is 0.116. The van der Waals surface area contributed by atoms with Crippen molar-refractivity contribution in [3.8, 4) is 0 Å². The maximum absolute atomic E-state index is 11.7. The van der Waals surface area contributed by atoms with Crippen LogP contribution in [0.5, 0.6) is 0 Å². The minimum absolute atomic E-state index is 0.939. The summed E-state index contributed by atoms with van der Waals surface area (Å²) < 4.78 is 32.7. The van der Waals surface area contributed by atoms with Crippen molar-refractivity contribution in [2.75, 3.05) is 0 Å². The number of rotatable bonds is 2. The predicted molar refractivity (Wildman–Crippen MR) is 26.7 cm³/mol. The molecule has 0 aromatic heterocycles. The number of halogens is 1. The molecule has 1 N–H and O–H groups in total. The zero-order chi connectivity index (χ0) is 6.57. The Kier molecular flexibility index (Phi) is 3.38. The normalized spacial score (nSPS) is 15.6. The lowest BCUT2D eigenvalue weighted by Gasteiger charge is -1.90. The summed E-state index contributed by atoms with van der Waals surface area (Å²) in [5.74, 6) is 0. The maximum atomic E-state index is 11.7. The third-order valence-corrected chi connectivity index (χ3v) is 0.680. The van der Waals surface area contributed by atoms with E-state index in [1.165, 1.54) is 6.92 Å². The van der Waals surface area contributed by atoms with Gasteiger partial charge in [-0.05, 0) is 13.0 Å². The Bertz CT molecular complexity index is 122. The Balaban J connectivity index is 3.56. The molecule has 5 heteroatoms. The van der Waals surface area contributed by atoms with Gasteiger partial charge in [-0.1, -0.05) is 0 Å². The minimum atomic E-state index is -2.54. The van der Waals surface area contributed by atoms with Gasteiger partial charge in [0.2, 0.25) is 0 Å². The highest BCUT2D eigenvalue weighted by atomic mass is 32.2. The maximum Gasteiger partial charge on any atom is 0.359 e. The molecule has 1 unspecified atom stereocenters. The van der Waals surface area contributed by atoms with Crippen molar-refractivity contribution in [2.45, 2.75) is 6.92 Å². The highest BCUT2D eigenvalue weighted by molar-refractivity contribution is 7.74. The molecule has 0 aliphatic rings. The zero-order valence-corrected chi connectivity index (χ0v) is 4.94. The molecule has 0 bridgehead atoms. The summed E-state index contributed by atoms with van der Waals surface area (Å²) in [6, 6.07) is -1.05. The van der Waals surface area contributed by atoms with E-state index in [1.807, 2.05) is 0 Å². The molecule has 0 aliphatic heterocycles. The van der Waals surface area contributed by atoms with Crippen molar-refractivity contribution in [2.24, 2.45) is 0 Å². The lowest BCUT2D eigenvalue weighted by Crippen LogP contribution is -1.89. The minimum Gasteiger partial charge on any atom is -0.350 e. The van der Waals surface area contributed by atoms with Crippen molar-refractivity contribution in [1.82, 2.24) is 0 Å². The first-order valence-corrected chi connectivity index (χ1v) is 2.81. The molecule has 0 aromatic carbocycles. The molecule has 0 spiro atoms. The van der Waals surface area contributed by atoms with Crippen LogP contribution in [0.2, 0.25) is 0 Å². The van der Waals surface area contributed by atoms with E-state index in [0.717, 1.165) is 6.08 Å². The molecule has 48 valence electrons. The van der Waals surface area contributed by atoms with Crippen LogP contribution in [0.4, 0.5) is 4.39 Å². The molecule has 8 heavy (non-hydrogen) atoms. The Labute approximate surface area is 48.6 Å². The third kappa shape index (κ3) is 3.76. The first kappa shape index (κ1) is 7.58. The monoisotopic (exact) mass is 140 g/mol. The first-order valence-electron chi connectivity index (χ1n) is 1.78. The van der Waals surface area contributed by atoms with Crippen LogP contribution < -0.4 is 0 Å². The molecular weight excluding hydrogens is 135 g/mol. The van der Waals surface area contributed by atoms with Crippen molar-refractivity contribution in [1.29, 1.82) is 0 Å². The van der Waals surface area contributed by atoms with Crippen LogP contribution in [0.1, 0.15) is 6.92 Å². The summed E-state index contributed by atoms with van der Waals surface area (Å²) in [5, 5.41) is 0. The Hall–Kier alpha value is -0.420. The molecule has 1 atom stereocenters. The SMILES string of the molecule is CC=C(F)OS(=O)O. The van der Waals surface area contributed by atoms with E-state index in [9.17, 15) is 8.60 Å². The zero-order valence-electron chi connectivity index (χ0n) is 4.13. The van der Waals surface area contributed by atoms with Gasteiger partial charge in [-0.3, -0.25) is 4.55 Å². The molecule has 0 fully saturated rings. The van der Waals surface area contributed by atoms with E-state index in [4.69, 9.17) is 4.55 Å². The summed E-state index contributed by atoms with van der Waals surface area (Å²) in [4.78, 5) is 0. The van der Waals surface area contributed by atoms with Crippen LogP contribution in [0, 0.1) is 0 Å². The molecule has 0 heterocycles. The second kappa shape index (κ2) is 3.57. The predicted octanol–water partition coefficient (Wildman–Crippen LogP) is 0.971. The molecule has 0 saturated heterocycles. The topological polar surface area (TPSA) is 46.5 Å². The van der Waals surface area contributed by atoms with Gasteiger partial charge in [0.15, 0.2) is 0 Å². The van der Waals surface area contributed by atoms with Crippen LogP contribution in [-0.4, -0.2) is 8.76 Å². The van der Waals surface area contributed by atoms with Gasteiger partial charge < -0.3 is 4.18 Å². The second-order valence-corrected chi connectivity index (χ2v) is 1.49. The molecule has 0 saturated carbocycles. The summed E-state index contributed by atoms with van der Waals surface area (Å²) in [6.07, 6.45) is 0.939. The standard InChI is InChI=1S/C3H5FO3S/c1-2-3(4)7-8(5)6/h2H,1H3,(H,5,6). The highest BCUT2D eigenvalue weighted by Crippen LogP contribution is 1.98. The number of hydrogen-bond acceptors (Lipinski definition) is 2. The van der Waals surface area contributed by atoms with Crippen molar-refractivity contribution >= 4 is 11.4 Å². The van der Waals surface area contributed by atoms with Crippen molar-refractivity contribution < 1.29 is 17.3 Å². The van der Waals surface area contributed by atoms with Gasteiger partial charge >= 0.3 is 11.4 Å². The third-order valence-electron chi connectivity index (χ3n) is 0.378. The van der Waals surface area contributed by atoms with Crippen molar-refractivity contribution in [3.63, 3.8) is 0 Å². The number of allylic oxidation sites excluding steroid dienone is 1. The molecule has 3 nitrogen and oxygen atoms in total. The second-order valence-electron chi connectivity index (χ2n) is 0.893. The largest absolute Gasteiger partial charge is 0.359 e. The lowest BCUT2D eigenvalue weighted by atomic mass is 10.7. The number of hydrogen-bond donors (Lipinski definition) is 1. The molecular formula is C3H5FO3S. The summed E-state index contributed by atoms with van der Waals surface area (Å²) in [7, 11) is 0. The summed E-state index contributed by atoms with van der Waals surface area (Å²) in [5.41, 5.74) is 0. The van der Waals surface area contributed by atoms with Crippen LogP contribution >= 0.6 is 0 Å². The molecule has 0 radical (unpaired) electrons. The molecule has 0 amide bonds. The Morgan fingerprint density at radius 3 is 2.62 bits per heavy atom. The van der Waals surface area contributed by atoms with E-state index < -0.39 is 17.4 Å². The average molecular weight is 140 g/mol. The fraction of sp³-hybridized carbons (Fsp3) is 0.333. The average Bonchev–Trinajstić information content (AvgIpc) is 1.65. The van der Waals surface area contributed by atoms with E-state index in [1.54, 1.807) is 0 Å². The van der Waals surface area contributed by atoms with Gasteiger partial charge in [-0.15, -0.1) is 0 Å². The van der Waals surface area contributed by atoms with E-state index in [0.29, 0.717) is 0 Å². The van der Waals surface area contributed by atoms with E-state index in [-0.39, 0.29) is 0 Å². The van der Waals surface area contributed by atoms with Gasteiger partial charge in [0, 0.05) is 0 Å². The van der Waals surface area contributed by atoms with E-state index >= 15 is 0 Å². The van der Waals surface area contributed by atoms with Gasteiger partial charge in [0.1, 0.15) is 0 Å². The van der Waals surface area contributed by atoms with Gasteiger partial charge in [-0.25, -0.2) is 0 Å². The van der Waals surface area contributed by atoms with Crippen LogP contribution in [0.25, 0.3) is 0 Å². The van der Waals surface area contributed by atoms with E-state index in [2.05, 4.69) is 4.18 Å². The van der Waals surface area contributed by atoms with Gasteiger partial charge in [0.05, 0.1) is 0 Å². The molecule has 0 aliphatic carbocycles. The first-order chi connectivity index (χ1) is 3.66. The van der Waals surface area contributed by atoms with Crippen LogP contribution in [0.15, 0.2) is 12.1 Å². The Morgan fingerprint density at radius 2 is 2.50 bits per heavy atom. The smallest absolute Gasteiger partial charge is 0.350 e.